The van der Waals surface area contributed by atoms with Gasteiger partial charge >= 0.3 is 5.97 Å². The first-order chi connectivity index (χ1) is 9.02. The van der Waals surface area contributed by atoms with Gasteiger partial charge < -0.3 is 20.3 Å². The van der Waals surface area contributed by atoms with Crippen LogP contribution >= 0.6 is 11.6 Å². The summed E-state index contributed by atoms with van der Waals surface area (Å²) in [4.78, 5) is 10.9. The Morgan fingerprint density at radius 2 is 2.21 bits per heavy atom. The molecule has 0 spiro atoms. The average molecular weight is 286 g/mol. The first kappa shape index (κ1) is 14.0. The zero-order valence-corrected chi connectivity index (χ0v) is 11.3. The number of carboxylic acids is 1. The molecule has 1 aliphatic rings. The molecule has 0 amide bonds. The van der Waals surface area contributed by atoms with E-state index in [-0.39, 0.29) is 5.02 Å². The van der Waals surface area contributed by atoms with Gasteiger partial charge in [-0.1, -0.05) is 11.6 Å². The fraction of sp³-hybridized carbons (Fsp3) is 0.462. The standard InChI is InChI=1S/C13H16ClNO4/c1-18-10-4-8(12(15)13(16)17)9(14)5-11(10)19-6-7-2-3-7/h4-5,7,12H,2-3,6,15H2,1H3,(H,16,17). The SMILES string of the molecule is COc1cc(C(N)C(=O)O)c(Cl)cc1OCC1CC1. The number of carboxylic acid groups (broad SMARTS) is 1. The molecule has 3 N–H and O–H groups in total. The molecule has 1 atom stereocenters. The van der Waals surface area contributed by atoms with Gasteiger partial charge in [-0.25, -0.2) is 0 Å². The first-order valence-corrected chi connectivity index (χ1v) is 6.39. The van der Waals surface area contributed by atoms with Crippen LogP contribution in [0.1, 0.15) is 24.4 Å². The average Bonchev–Trinajstić information content (AvgIpc) is 3.19. The largest absolute Gasteiger partial charge is 0.493 e. The highest BCUT2D eigenvalue weighted by atomic mass is 35.5. The van der Waals surface area contributed by atoms with E-state index in [0.717, 1.165) is 0 Å². The molecule has 0 heterocycles. The highest BCUT2D eigenvalue weighted by Gasteiger charge is 2.24. The maximum Gasteiger partial charge on any atom is 0.325 e. The molecular weight excluding hydrogens is 270 g/mol. The summed E-state index contributed by atoms with van der Waals surface area (Å²) in [6, 6.07) is 1.89. The van der Waals surface area contributed by atoms with Gasteiger partial charge in [0.2, 0.25) is 0 Å². The zero-order chi connectivity index (χ0) is 14.0. The van der Waals surface area contributed by atoms with Crippen LogP contribution in [0.4, 0.5) is 0 Å². The van der Waals surface area contributed by atoms with Crippen molar-refractivity contribution in [3.63, 3.8) is 0 Å². The topological polar surface area (TPSA) is 81.8 Å². The van der Waals surface area contributed by atoms with E-state index in [2.05, 4.69) is 0 Å². The maximum atomic E-state index is 10.9. The Kier molecular flexibility index (Phi) is 4.17. The summed E-state index contributed by atoms with van der Waals surface area (Å²) in [5, 5.41) is 9.19. The Labute approximate surface area is 116 Å². The number of methoxy groups -OCH3 is 1. The number of ether oxygens (including phenoxy) is 2. The van der Waals surface area contributed by atoms with Gasteiger partial charge in [-0.05, 0) is 24.8 Å². The van der Waals surface area contributed by atoms with Crippen LogP contribution < -0.4 is 15.2 Å². The molecule has 19 heavy (non-hydrogen) atoms. The van der Waals surface area contributed by atoms with Crippen LogP contribution in [0.5, 0.6) is 11.5 Å². The Morgan fingerprint density at radius 3 is 2.74 bits per heavy atom. The van der Waals surface area contributed by atoms with Crippen LogP contribution in [0, 0.1) is 5.92 Å². The second kappa shape index (κ2) is 5.67. The number of carbonyl (C=O) groups is 1. The molecule has 0 aromatic heterocycles. The van der Waals surface area contributed by atoms with Crippen LogP contribution in [-0.2, 0) is 4.79 Å². The molecule has 104 valence electrons. The predicted molar refractivity (Wildman–Crippen MR) is 70.8 cm³/mol. The molecule has 1 aromatic rings. The van der Waals surface area contributed by atoms with Crippen molar-refractivity contribution in [2.75, 3.05) is 13.7 Å². The molecule has 0 radical (unpaired) electrons. The third-order valence-corrected chi connectivity index (χ3v) is 3.38. The molecule has 6 heteroatoms. The molecule has 1 aliphatic carbocycles. The van der Waals surface area contributed by atoms with E-state index in [1.807, 2.05) is 0 Å². The monoisotopic (exact) mass is 285 g/mol. The number of benzene rings is 1. The molecule has 0 aliphatic heterocycles. The van der Waals surface area contributed by atoms with E-state index in [0.29, 0.717) is 29.6 Å². The van der Waals surface area contributed by atoms with Crippen LogP contribution in [0.2, 0.25) is 5.02 Å². The van der Waals surface area contributed by atoms with E-state index in [1.165, 1.54) is 26.0 Å². The van der Waals surface area contributed by atoms with E-state index < -0.39 is 12.0 Å². The first-order valence-electron chi connectivity index (χ1n) is 6.01. The Morgan fingerprint density at radius 1 is 1.53 bits per heavy atom. The Hall–Kier alpha value is -1.46. The normalized spacial score (nSPS) is 15.9. The molecule has 1 fully saturated rings. The van der Waals surface area contributed by atoms with Crippen LogP contribution in [0.3, 0.4) is 0 Å². The van der Waals surface area contributed by atoms with Gasteiger partial charge in [0.05, 0.1) is 13.7 Å². The predicted octanol–water partition coefficient (Wildman–Crippen LogP) is 2.22. The highest BCUT2D eigenvalue weighted by Crippen LogP contribution is 2.37. The fourth-order valence-corrected chi connectivity index (χ4v) is 1.96. The lowest BCUT2D eigenvalue weighted by atomic mass is 10.1. The smallest absolute Gasteiger partial charge is 0.325 e. The van der Waals surface area contributed by atoms with Crippen molar-refractivity contribution >= 4 is 17.6 Å². The molecule has 5 nitrogen and oxygen atoms in total. The highest BCUT2D eigenvalue weighted by molar-refractivity contribution is 6.31. The van der Waals surface area contributed by atoms with Crippen molar-refractivity contribution in [2.24, 2.45) is 11.7 Å². The van der Waals surface area contributed by atoms with Crippen molar-refractivity contribution in [1.82, 2.24) is 0 Å². The molecule has 1 saturated carbocycles. The van der Waals surface area contributed by atoms with Crippen LogP contribution in [0.15, 0.2) is 12.1 Å². The third-order valence-electron chi connectivity index (χ3n) is 3.06. The number of rotatable bonds is 6. The summed E-state index contributed by atoms with van der Waals surface area (Å²) in [5.41, 5.74) is 5.87. The van der Waals surface area contributed by atoms with Crippen molar-refractivity contribution in [3.8, 4) is 11.5 Å². The van der Waals surface area contributed by atoms with E-state index >= 15 is 0 Å². The van der Waals surface area contributed by atoms with Crippen molar-refractivity contribution < 1.29 is 19.4 Å². The molecular formula is C13H16ClNO4. The second-order valence-electron chi connectivity index (χ2n) is 4.59. The number of aliphatic carboxylic acids is 1. The molecule has 0 saturated heterocycles. The Bertz CT molecular complexity index is 488. The molecule has 2 rings (SSSR count). The number of nitrogens with two attached hydrogens (primary N) is 1. The summed E-state index contributed by atoms with van der Waals surface area (Å²) in [7, 11) is 1.49. The van der Waals surface area contributed by atoms with Crippen LogP contribution in [-0.4, -0.2) is 24.8 Å². The van der Waals surface area contributed by atoms with E-state index in [9.17, 15) is 4.79 Å². The van der Waals surface area contributed by atoms with Crippen molar-refractivity contribution in [3.05, 3.63) is 22.7 Å². The van der Waals surface area contributed by atoms with Gasteiger partial charge in [0.25, 0.3) is 0 Å². The Balaban J connectivity index is 2.24. The van der Waals surface area contributed by atoms with Gasteiger partial charge in [0.1, 0.15) is 6.04 Å². The third kappa shape index (κ3) is 3.30. The second-order valence-corrected chi connectivity index (χ2v) is 5.00. The minimum Gasteiger partial charge on any atom is -0.493 e. The number of hydrogen-bond acceptors (Lipinski definition) is 4. The lowest BCUT2D eigenvalue weighted by Crippen LogP contribution is -2.21. The number of hydrogen-bond donors (Lipinski definition) is 2. The van der Waals surface area contributed by atoms with Gasteiger partial charge in [-0.15, -0.1) is 0 Å². The summed E-state index contributed by atoms with van der Waals surface area (Å²) in [6.45, 7) is 0.622. The minimum absolute atomic E-state index is 0.265. The van der Waals surface area contributed by atoms with Gasteiger partial charge in [-0.3, -0.25) is 4.79 Å². The van der Waals surface area contributed by atoms with Crippen molar-refractivity contribution in [2.45, 2.75) is 18.9 Å². The summed E-state index contributed by atoms with van der Waals surface area (Å²) >= 11 is 6.05. The quantitative estimate of drug-likeness (QED) is 0.837. The number of halogens is 1. The van der Waals surface area contributed by atoms with Gasteiger partial charge in [-0.2, -0.15) is 0 Å². The van der Waals surface area contributed by atoms with Crippen LogP contribution in [0.25, 0.3) is 0 Å². The lowest BCUT2D eigenvalue weighted by Gasteiger charge is -2.15. The summed E-state index contributed by atoms with van der Waals surface area (Å²) in [6.07, 6.45) is 2.36. The fourth-order valence-electron chi connectivity index (χ4n) is 1.69. The van der Waals surface area contributed by atoms with E-state index in [1.54, 1.807) is 6.07 Å². The van der Waals surface area contributed by atoms with Gasteiger partial charge in [0, 0.05) is 16.7 Å². The minimum atomic E-state index is -1.18. The van der Waals surface area contributed by atoms with E-state index in [4.69, 9.17) is 31.9 Å². The summed E-state index contributed by atoms with van der Waals surface area (Å²) < 4.78 is 10.8. The van der Waals surface area contributed by atoms with Crippen molar-refractivity contribution in [1.29, 1.82) is 0 Å². The zero-order valence-electron chi connectivity index (χ0n) is 10.6. The molecule has 0 bridgehead atoms. The maximum absolute atomic E-state index is 10.9. The summed E-state index contributed by atoms with van der Waals surface area (Å²) in [5.74, 6) is 0.414. The molecule has 1 unspecified atom stereocenters. The lowest BCUT2D eigenvalue weighted by molar-refractivity contribution is -0.138. The molecule has 1 aromatic carbocycles. The van der Waals surface area contributed by atoms with Gasteiger partial charge in [0.15, 0.2) is 11.5 Å².